The van der Waals surface area contributed by atoms with E-state index >= 15 is 0 Å². The predicted octanol–water partition coefficient (Wildman–Crippen LogP) is 2.45. The highest BCUT2D eigenvalue weighted by Crippen LogP contribution is 2.12. The van der Waals surface area contributed by atoms with Gasteiger partial charge in [-0.1, -0.05) is 0 Å². The lowest BCUT2D eigenvalue weighted by Crippen LogP contribution is -1.90. The molecule has 1 nitrogen and oxygen atoms in total. The maximum atomic E-state index is 12.5. The van der Waals surface area contributed by atoms with Gasteiger partial charge < -0.3 is 0 Å². The molecule has 0 saturated heterocycles. The largest absolute Gasteiger partial charge is 0.254 e. The van der Waals surface area contributed by atoms with E-state index in [4.69, 9.17) is 0 Å². The Kier molecular flexibility index (Phi) is 2.32. The zero-order chi connectivity index (χ0) is 7.56. The monoisotopic (exact) mass is 207 g/mol. The second-order valence-corrected chi connectivity index (χ2v) is 2.63. The predicted molar refractivity (Wildman–Crippen MR) is 36.7 cm³/mol. The molecule has 0 spiro atoms. The van der Waals surface area contributed by atoms with Gasteiger partial charge in [0.2, 0.25) is 0 Å². The molecule has 0 atom stereocenters. The van der Waals surface area contributed by atoms with Crippen molar-refractivity contribution in [1.82, 2.24) is 4.98 Å². The van der Waals surface area contributed by atoms with E-state index in [2.05, 4.69) is 20.9 Å². The van der Waals surface area contributed by atoms with Gasteiger partial charge in [0.1, 0.15) is 18.2 Å². The molecule has 0 amide bonds. The molecule has 54 valence electrons. The van der Waals surface area contributed by atoms with Crippen LogP contribution in [0.1, 0.15) is 5.69 Å². The second kappa shape index (κ2) is 3.05. The number of halogens is 3. The minimum absolute atomic E-state index is 0.150. The Bertz CT molecular complexity index is 239. The van der Waals surface area contributed by atoms with Gasteiger partial charge in [-0.15, -0.1) is 0 Å². The number of nitrogens with zero attached hydrogens (tertiary/aromatic N) is 1. The van der Waals surface area contributed by atoms with Crippen LogP contribution in [-0.2, 0) is 6.67 Å². The van der Waals surface area contributed by atoms with Crippen LogP contribution in [-0.4, -0.2) is 4.98 Å². The zero-order valence-corrected chi connectivity index (χ0v) is 6.53. The molecule has 0 N–H and O–H groups in total. The van der Waals surface area contributed by atoms with E-state index < -0.39 is 12.5 Å². The second-order valence-electron chi connectivity index (χ2n) is 1.72. The van der Waals surface area contributed by atoms with Crippen molar-refractivity contribution < 1.29 is 8.78 Å². The molecule has 0 fully saturated rings. The van der Waals surface area contributed by atoms with E-state index in [-0.39, 0.29) is 5.69 Å². The molecule has 1 rings (SSSR count). The molecule has 0 aromatic carbocycles. The molecule has 0 unspecified atom stereocenters. The maximum absolute atomic E-state index is 12.5. The van der Waals surface area contributed by atoms with Crippen LogP contribution in [0.5, 0.6) is 0 Å². The van der Waals surface area contributed by atoms with Crippen LogP contribution < -0.4 is 0 Å². The summed E-state index contributed by atoms with van der Waals surface area (Å²) < 4.78 is 24.8. The van der Waals surface area contributed by atoms with Crippen molar-refractivity contribution in [2.24, 2.45) is 0 Å². The van der Waals surface area contributed by atoms with Gasteiger partial charge in [0.25, 0.3) is 0 Å². The number of alkyl halides is 1. The van der Waals surface area contributed by atoms with E-state index in [0.29, 0.717) is 4.47 Å². The molecule has 0 radical (unpaired) electrons. The van der Waals surface area contributed by atoms with Gasteiger partial charge in [0, 0.05) is 10.7 Å². The smallest absolute Gasteiger partial charge is 0.148 e. The fraction of sp³-hybridized carbons (Fsp3) is 0.167. The Morgan fingerprint density at radius 1 is 1.60 bits per heavy atom. The number of rotatable bonds is 1. The van der Waals surface area contributed by atoms with Crippen LogP contribution in [0.3, 0.4) is 0 Å². The molecule has 0 saturated carbocycles. The van der Waals surface area contributed by atoms with Crippen LogP contribution in [0, 0.1) is 5.82 Å². The number of hydrogen-bond acceptors (Lipinski definition) is 1. The summed E-state index contributed by atoms with van der Waals surface area (Å²) in [6.07, 6.45) is 1.36. The first-order chi connectivity index (χ1) is 4.74. The van der Waals surface area contributed by atoms with Gasteiger partial charge in [-0.2, -0.15) is 0 Å². The Morgan fingerprint density at radius 2 is 2.30 bits per heavy atom. The Labute approximate surface area is 65.2 Å². The lowest BCUT2D eigenvalue weighted by molar-refractivity contribution is 0.452. The van der Waals surface area contributed by atoms with Crippen LogP contribution in [0.4, 0.5) is 8.78 Å². The zero-order valence-electron chi connectivity index (χ0n) is 4.94. The van der Waals surface area contributed by atoms with Gasteiger partial charge >= 0.3 is 0 Å². The third-order valence-corrected chi connectivity index (χ3v) is 1.44. The normalized spacial score (nSPS) is 9.90. The molecule has 1 heterocycles. The average molecular weight is 208 g/mol. The minimum atomic E-state index is -0.862. The lowest BCUT2D eigenvalue weighted by Gasteiger charge is -1.95. The summed E-state index contributed by atoms with van der Waals surface area (Å²) in [6, 6.07) is 1.18. The number of aromatic nitrogens is 1. The summed E-state index contributed by atoms with van der Waals surface area (Å²) in [5.74, 6) is -0.614. The molecule has 0 bridgehead atoms. The molecule has 1 aromatic heterocycles. The number of pyridine rings is 1. The fourth-order valence-corrected chi connectivity index (χ4v) is 0.845. The molecule has 4 heteroatoms. The van der Waals surface area contributed by atoms with Crippen molar-refractivity contribution in [1.29, 1.82) is 0 Å². The van der Waals surface area contributed by atoms with Gasteiger partial charge in [-0.05, 0) is 22.0 Å². The van der Waals surface area contributed by atoms with E-state index in [1.807, 2.05) is 0 Å². The first kappa shape index (κ1) is 7.60. The van der Waals surface area contributed by atoms with Crippen molar-refractivity contribution in [2.75, 3.05) is 0 Å². The molecule has 0 aliphatic rings. The van der Waals surface area contributed by atoms with Crippen LogP contribution >= 0.6 is 15.9 Å². The van der Waals surface area contributed by atoms with Crippen molar-refractivity contribution in [3.8, 4) is 0 Å². The van der Waals surface area contributed by atoms with Gasteiger partial charge in [-0.25, -0.2) is 8.78 Å². The summed E-state index contributed by atoms with van der Waals surface area (Å²) in [4.78, 5) is 3.50. The summed E-state index contributed by atoms with van der Waals surface area (Å²) in [7, 11) is 0. The van der Waals surface area contributed by atoms with E-state index in [9.17, 15) is 8.78 Å². The van der Waals surface area contributed by atoms with Gasteiger partial charge in [0.15, 0.2) is 0 Å². The van der Waals surface area contributed by atoms with Crippen molar-refractivity contribution in [3.63, 3.8) is 0 Å². The summed E-state index contributed by atoms with van der Waals surface area (Å²) in [5, 5.41) is 0. The third kappa shape index (κ3) is 1.50. The van der Waals surface area contributed by atoms with Gasteiger partial charge in [0.05, 0.1) is 0 Å². The average Bonchev–Trinajstić information content (AvgIpc) is 1.88. The highest BCUT2D eigenvalue weighted by Gasteiger charge is 2.01. The topological polar surface area (TPSA) is 12.9 Å². The van der Waals surface area contributed by atoms with E-state index in [1.54, 1.807) is 0 Å². The Hall–Kier alpha value is -0.510. The minimum Gasteiger partial charge on any atom is -0.254 e. The van der Waals surface area contributed by atoms with E-state index in [0.717, 1.165) is 0 Å². The third-order valence-electron chi connectivity index (χ3n) is 1.01. The van der Waals surface area contributed by atoms with Crippen LogP contribution in [0.25, 0.3) is 0 Å². The van der Waals surface area contributed by atoms with Gasteiger partial charge in [-0.3, -0.25) is 4.98 Å². The highest BCUT2D eigenvalue weighted by atomic mass is 79.9. The lowest BCUT2D eigenvalue weighted by atomic mass is 10.4. The van der Waals surface area contributed by atoms with Crippen molar-refractivity contribution in [3.05, 3.63) is 28.2 Å². The van der Waals surface area contributed by atoms with Crippen LogP contribution in [0.2, 0.25) is 0 Å². The standard InChI is InChI=1S/C6H4BrF2N/c7-4-1-5(9)6(2-8)10-3-4/h1,3H,2H2. The quantitative estimate of drug-likeness (QED) is 0.690. The van der Waals surface area contributed by atoms with Crippen molar-refractivity contribution >= 4 is 15.9 Å². The molecule has 1 aromatic rings. The fourth-order valence-electron chi connectivity index (χ4n) is 0.541. The van der Waals surface area contributed by atoms with E-state index in [1.165, 1.54) is 12.3 Å². The molecule has 10 heavy (non-hydrogen) atoms. The SMILES string of the molecule is FCc1ncc(Br)cc1F. The molecule has 0 aliphatic heterocycles. The molecular weight excluding hydrogens is 204 g/mol. The summed E-state index contributed by atoms with van der Waals surface area (Å²) >= 11 is 3.00. The highest BCUT2D eigenvalue weighted by molar-refractivity contribution is 9.10. The summed E-state index contributed by atoms with van der Waals surface area (Å²) in [5.41, 5.74) is -0.150. The van der Waals surface area contributed by atoms with Crippen molar-refractivity contribution in [2.45, 2.75) is 6.67 Å². The Morgan fingerprint density at radius 3 is 2.80 bits per heavy atom. The molecule has 0 aliphatic carbocycles. The summed E-state index contributed by atoms with van der Waals surface area (Å²) in [6.45, 7) is -0.862. The Balaban J connectivity index is 3.07. The molecular formula is C6H4BrF2N. The van der Waals surface area contributed by atoms with Crippen LogP contribution in [0.15, 0.2) is 16.7 Å². The maximum Gasteiger partial charge on any atom is 0.148 e. The number of hydrogen-bond donors (Lipinski definition) is 0. The first-order valence-electron chi connectivity index (χ1n) is 2.60. The first-order valence-corrected chi connectivity index (χ1v) is 3.39.